The summed E-state index contributed by atoms with van der Waals surface area (Å²) in [7, 11) is 0. The Hall–Kier alpha value is -1.59. The highest BCUT2D eigenvalue weighted by molar-refractivity contribution is 9.10. The highest BCUT2D eigenvalue weighted by Gasteiger charge is 2.31. The van der Waals surface area contributed by atoms with Crippen molar-refractivity contribution < 1.29 is 9.21 Å². The predicted molar refractivity (Wildman–Crippen MR) is 83.8 cm³/mol. The first-order valence-electron chi connectivity index (χ1n) is 7.03. The molecule has 1 atom stereocenters. The van der Waals surface area contributed by atoms with Crippen LogP contribution in [0.15, 0.2) is 45.5 Å². The summed E-state index contributed by atoms with van der Waals surface area (Å²) >= 11 is 3.49. The molecule has 2 aromatic rings. The fraction of sp³-hybridized carbons (Fsp3) is 0.312. The van der Waals surface area contributed by atoms with Gasteiger partial charge in [0.1, 0.15) is 12.0 Å². The van der Waals surface area contributed by atoms with Crippen molar-refractivity contribution in [3.05, 3.63) is 58.0 Å². The van der Waals surface area contributed by atoms with Gasteiger partial charge in [-0.2, -0.15) is 0 Å². The number of nitrogens with zero attached hydrogens (tertiary/aromatic N) is 1. The Morgan fingerprint density at radius 1 is 1.43 bits per heavy atom. The van der Waals surface area contributed by atoms with Crippen LogP contribution in [0.5, 0.6) is 0 Å². The molecular formula is C16H17BrN2O2. The van der Waals surface area contributed by atoms with E-state index in [0.29, 0.717) is 17.9 Å². The highest BCUT2D eigenvalue weighted by Crippen LogP contribution is 2.34. The van der Waals surface area contributed by atoms with Gasteiger partial charge in [0.15, 0.2) is 0 Å². The number of rotatable bonds is 3. The fourth-order valence-electron chi connectivity index (χ4n) is 2.84. The Morgan fingerprint density at radius 2 is 2.29 bits per heavy atom. The quantitative estimate of drug-likeness (QED) is 0.923. The normalized spacial score (nSPS) is 18.2. The van der Waals surface area contributed by atoms with Crippen molar-refractivity contribution in [3.8, 4) is 0 Å². The largest absolute Gasteiger partial charge is 0.467 e. The highest BCUT2D eigenvalue weighted by atomic mass is 79.9. The lowest BCUT2D eigenvalue weighted by atomic mass is 10.0. The minimum Gasteiger partial charge on any atom is -0.467 e. The average Bonchev–Trinajstić information content (AvgIpc) is 3.15. The molecule has 2 N–H and O–H groups in total. The molecule has 1 saturated heterocycles. The Labute approximate surface area is 132 Å². The van der Waals surface area contributed by atoms with Crippen LogP contribution < -0.4 is 5.73 Å². The number of carbonyl (C=O) groups is 1. The summed E-state index contributed by atoms with van der Waals surface area (Å²) in [5.41, 5.74) is 7.27. The molecule has 1 fully saturated rings. The zero-order valence-corrected chi connectivity index (χ0v) is 13.2. The first kappa shape index (κ1) is 14.4. The van der Waals surface area contributed by atoms with E-state index < -0.39 is 0 Å². The second-order valence-corrected chi connectivity index (χ2v) is 6.13. The van der Waals surface area contributed by atoms with Crippen LogP contribution in [0.2, 0.25) is 0 Å². The van der Waals surface area contributed by atoms with E-state index in [4.69, 9.17) is 10.2 Å². The zero-order chi connectivity index (χ0) is 14.8. The number of nitrogens with two attached hydrogens (primary N) is 1. The maximum atomic E-state index is 12.7. The van der Waals surface area contributed by atoms with E-state index in [2.05, 4.69) is 28.1 Å². The van der Waals surface area contributed by atoms with Crippen LogP contribution in [0.4, 0.5) is 0 Å². The van der Waals surface area contributed by atoms with Crippen molar-refractivity contribution in [3.63, 3.8) is 0 Å². The SMILES string of the molecule is NCc1cc(C(=O)N2CCCC2c2cccc(Br)c2)co1. The second kappa shape index (κ2) is 6.03. The molecule has 0 bridgehead atoms. The van der Waals surface area contributed by atoms with Gasteiger partial charge in [-0.15, -0.1) is 0 Å². The molecule has 1 aromatic carbocycles. The maximum Gasteiger partial charge on any atom is 0.257 e. The number of amides is 1. The molecular weight excluding hydrogens is 332 g/mol. The number of likely N-dealkylation sites (tertiary alicyclic amines) is 1. The van der Waals surface area contributed by atoms with Crippen molar-refractivity contribution >= 4 is 21.8 Å². The summed E-state index contributed by atoms with van der Waals surface area (Å²) < 4.78 is 6.31. The number of carbonyl (C=O) groups excluding carboxylic acids is 1. The minimum atomic E-state index is 0.0147. The number of benzene rings is 1. The van der Waals surface area contributed by atoms with Gasteiger partial charge in [-0.25, -0.2) is 0 Å². The van der Waals surface area contributed by atoms with Crippen molar-refractivity contribution in [1.29, 1.82) is 0 Å². The summed E-state index contributed by atoms with van der Waals surface area (Å²) in [6, 6.07) is 10.0. The van der Waals surface area contributed by atoms with Gasteiger partial charge < -0.3 is 15.1 Å². The molecule has 1 aliphatic heterocycles. The molecule has 110 valence electrons. The van der Waals surface area contributed by atoms with E-state index >= 15 is 0 Å². The summed E-state index contributed by atoms with van der Waals surface area (Å²) in [5, 5.41) is 0. The molecule has 0 radical (unpaired) electrons. The molecule has 0 spiro atoms. The topological polar surface area (TPSA) is 59.5 Å². The summed E-state index contributed by atoms with van der Waals surface area (Å²) in [5.74, 6) is 0.650. The maximum absolute atomic E-state index is 12.7. The molecule has 21 heavy (non-hydrogen) atoms. The van der Waals surface area contributed by atoms with Crippen LogP contribution >= 0.6 is 15.9 Å². The molecule has 0 aliphatic carbocycles. The lowest BCUT2D eigenvalue weighted by Crippen LogP contribution is -2.30. The zero-order valence-electron chi connectivity index (χ0n) is 11.6. The van der Waals surface area contributed by atoms with Crippen molar-refractivity contribution in [2.45, 2.75) is 25.4 Å². The molecule has 3 rings (SSSR count). The number of hydrogen-bond acceptors (Lipinski definition) is 3. The van der Waals surface area contributed by atoms with Gasteiger partial charge in [0.2, 0.25) is 0 Å². The molecule has 5 heteroatoms. The van der Waals surface area contributed by atoms with Crippen LogP contribution in [-0.2, 0) is 6.54 Å². The monoisotopic (exact) mass is 348 g/mol. The Bertz CT molecular complexity index is 653. The smallest absolute Gasteiger partial charge is 0.257 e. The van der Waals surface area contributed by atoms with Crippen LogP contribution in [0.1, 0.15) is 40.6 Å². The minimum absolute atomic E-state index is 0.0147. The lowest BCUT2D eigenvalue weighted by molar-refractivity contribution is 0.0735. The van der Waals surface area contributed by atoms with E-state index in [1.54, 1.807) is 6.07 Å². The molecule has 1 aliphatic rings. The third-order valence-electron chi connectivity index (χ3n) is 3.85. The van der Waals surface area contributed by atoms with Crippen LogP contribution in [0, 0.1) is 0 Å². The third-order valence-corrected chi connectivity index (χ3v) is 4.34. The Kier molecular flexibility index (Phi) is 4.12. The van der Waals surface area contributed by atoms with Gasteiger partial charge in [-0.3, -0.25) is 4.79 Å². The van der Waals surface area contributed by atoms with E-state index in [1.807, 2.05) is 17.0 Å². The standard InChI is InChI=1S/C16H17BrN2O2/c17-13-4-1-3-11(7-13)15-5-2-6-19(15)16(20)12-8-14(9-18)21-10-12/h1,3-4,7-8,10,15H,2,5-6,9,18H2. The summed E-state index contributed by atoms with van der Waals surface area (Å²) in [6.45, 7) is 1.08. The first-order chi connectivity index (χ1) is 10.2. The molecule has 4 nitrogen and oxygen atoms in total. The van der Waals surface area contributed by atoms with Crippen LogP contribution in [0.3, 0.4) is 0 Å². The third kappa shape index (κ3) is 2.89. The van der Waals surface area contributed by atoms with Gasteiger partial charge in [-0.05, 0) is 36.6 Å². The second-order valence-electron chi connectivity index (χ2n) is 5.22. The first-order valence-corrected chi connectivity index (χ1v) is 7.82. The van der Waals surface area contributed by atoms with E-state index in [9.17, 15) is 4.79 Å². The van der Waals surface area contributed by atoms with Gasteiger partial charge in [0, 0.05) is 11.0 Å². The van der Waals surface area contributed by atoms with Gasteiger partial charge >= 0.3 is 0 Å². The van der Waals surface area contributed by atoms with Crippen molar-refractivity contribution in [2.75, 3.05) is 6.54 Å². The fourth-order valence-corrected chi connectivity index (χ4v) is 3.25. The summed E-state index contributed by atoms with van der Waals surface area (Å²) in [4.78, 5) is 14.6. The molecule has 0 saturated carbocycles. The van der Waals surface area contributed by atoms with E-state index in [-0.39, 0.29) is 11.9 Å². The van der Waals surface area contributed by atoms with Crippen LogP contribution in [-0.4, -0.2) is 17.4 Å². The number of furan rings is 1. The van der Waals surface area contributed by atoms with Gasteiger partial charge in [0.25, 0.3) is 5.91 Å². The van der Waals surface area contributed by atoms with Crippen molar-refractivity contribution in [1.82, 2.24) is 4.90 Å². The Morgan fingerprint density at radius 3 is 3.00 bits per heavy atom. The summed E-state index contributed by atoms with van der Waals surface area (Å²) in [6.07, 6.45) is 3.51. The van der Waals surface area contributed by atoms with Gasteiger partial charge in [-0.1, -0.05) is 28.1 Å². The predicted octanol–water partition coefficient (Wildman–Crippen LogP) is 3.48. The van der Waals surface area contributed by atoms with Crippen molar-refractivity contribution in [2.24, 2.45) is 5.73 Å². The Balaban J connectivity index is 1.85. The number of halogens is 1. The van der Waals surface area contributed by atoms with Gasteiger partial charge in [0.05, 0.1) is 18.2 Å². The molecule has 1 unspecified atom stereocenters. The molecule has 1 aromatic heterocycles. The van der Waals surface area contributed by atoms with E-state index in [1.165, 1.54) is 6.26 Å². The molecule has 2 heterocycles. The molecule has 1 amide bonds. The van der Waals surface area contributed by atoms with E-state index in [0.717, 1.165) is 29.4 Å². The lowest BCUT2D eigenvalue weighted by Gasteiger charge is -2.24. The average molecular weight is 349 g/mol. The van der Waals surface area contributed by atoms with Crippen LogP contribution in [0.25, 0.3) is 0 Å². The number of hydrogen-bond donors (Lipinski definition) is 1.